The van der Waals surface area contributed by atoms with E-state index in [1.807, 2.05) is 18.2 Å². The Balaban J connectivity index is 1.44. The topological polar surface area (TPSA) is 71.2 Å². The maximum Gasteiger partial charge on any atom is 0.282 e. The molecule has 0 amide bonds. The molecule has 8 nitrogen and oxygen atoms in total. The fourth-order valence-corrected chi connectivity index (χ4v) is 4.55. The van der Waals surface area contributed by atoms with Crippen molar-refractivity contribution in [3.63, 3.8) is 0 Å². The zero-order valence-electron chi connectivity index (χ0n) is 18.9. The number of aryl methyl sites for hydroxylation is 2. The van der Waals surface area contributed by atoms with Crippen LogP contribution in [0.15, 0.2) is 53.5 Å². The van der Waals surface area contributed by atoms with Crippen LogP contribution in [-0.4, -0.2) is 57.5 Å². The molecule has 1 saturated heterocycles. The molecule has 0 spiro atoms. The van der Waals surface area contributed by atoms with Gasteiger partial charge < -0.3 is 15.1 Å². The second kappa shape index (κ2) is 8.53. The molecular formula is C24H26ClN7O. The minimum Gasteiger partial charge on any atom is -0.369 e. The summed E-state index contributed by atoms with van der Waals surface area (Å²) in [5, 5.41) is 4.21. The lowest BCUT2D eigenvalue weighted by Gasteiger charge is -2.35. The maximum atomic E-state index is 13.0. The average Bonchev–Trinajstić information content (AvgIpc) is 3.05. The van der Waals surface area contributed by atoms with Gasteiger partial charge in [0.25, 0.3) is 5.56 Å². The number of anilines is 3. The second-order valence-electron chi connectivity index (χ2n) is 8.44. The number of rotatable bonds is 4. The summed E-state index contributed by atoms with van der Waals surface area (Å²) in [6.07, 6.45) is 1.56. The van der Waals surface area contributed by atoms with Crippen LogP contribution in [0.4, 0.5) is 17.3 Å². The number of piperazine rings is 1. The van der Waals surface area contributed by atoms with Crippen molar-refractivity contribution >= 4 is 40.0 Å². The molecule has 1 aliphatic rings. The highest BCUT2D eigenvalue weighted by Gasteiger charge is 2.18. The fourth-order valence-electron chi connectivity index (χ4n) is 4.33. The van der Waals surface area contributed by atoms with Crippen LogP contribution in [0.25, 0.3) is 16.7 Å². The first-order chi connectivity index (χ1) is 15.9. The molecule has 1 aliphatic heterocycles. The molecule has 170 valence electrons. The van der Waals surface area contributed by atoms with Gasteiger partial charge in [0.05, 0.1) is 10.7 Å². The Morgan fingerprint density at radius 3 is 2.48 bits per heavy atom. The van der Waals surface area contributed by atoms with Crippen LogP contribution < -0.4 is 15.8 Å². The molecule has 1 N–H and O–H groups in total. The number of halogens is 1. The highest BCUT2D eigenvalue weighted by atomic mass is 35.5. The lowest BCUT2D eigenvalue weighted by Crippen LogP contribution is -2.44. The minimum atomic E-state index is -0.209. The Labute approximate surface area is 197 Å². The Hall–Kier alpha value is -3.36. The highest BCUT2D eigenvalue weighted by molar-refractivity contribution is 6.32. The molecule has 33 heavy (non-hydrogen) atoms. The summed E-state index contributed by atoms with van der Waals surface area (Å²) in [6.45, 7) is 6.32. The standard InChI is InChI=1S/C24H26ClN7O/c1-16-14-17(8-9-20(16)31-12-10-29(2)11-13-31)27-24-26-15-18-22(28-24)30(3)32(23(18)33)21-7-5-4-6-19(21)25/h4-9,14-15H,10-13H2,1-3H3,(H,26,27,28). The van der Waals surface area contributed by atoms with Gasteiger partial charge in [-0.15, -0.1) is 0 Å². The van der Waals surface area contributed by atoms with Crippen molar-refractivity contribution < 1.29 is 0 Å². The first-order valence-electron chi connectivity index (χ1n) is 10.9. The Bertz CT molecular complexity index is 1390. The zero-order valence-corrected chi connectivity index (χ0v) is 19.7. The summed E-state index contributed by atoms with van der Waals surface area (Å²) < 4.78 is 3.22. The molecule has 0 radical (unpaired) electrons. The molecule has 9 heteroatoms. The Morgan fingerprint density at radius 2 is 1.76 bits per heavy atom. The van der Waals surface area contributed by atoms with Crippen molar-refractivity contribution in [3.05, 3.63) is 69.6 Å². The van der Waals surface area contributed by atoms with Gasteiger partial charge in [0.1, 0.15) is 5.39 Å². The normalized spacial score (nSPS) is 14.7. The summed E-state index contributed by atoms with van der Waals surface area (Å²) >= 11 is 6.33. The van der Waals surface area contributed by atoms with E-state index in [0.29, 0.717) is 27.7 Å². The molecule has 0 bridgehead atoms. The van der Waals surface area contributed by atoms with E-state index in [0.717, 1.165) is 31.9 Å². The van der Waals surface area contributed by atoms with E-state index in [1.54, 1.807) is 30.1 Å². The van der Waals surface area contributed by atoms with E-state index in [4.69, 9.17) is 11.6 Å². The summed E-state index contributed by atoms with van der Waals surface area (Å²) in [7, 11) is 3.95. The molecule has 2 aromatic heterocycles. The van der Waals surface area contributed by atoms with Gasteiger partial charge in [0.2, 0.25) is 5.95 Å². The van der Waals surface area contributed by atoms with E-state index in [2.05, 4.69) is 51.2 Å². The van der Waals surface area contributed by atoms with E-state index in [-0.39, 0.29) is 5.56 Å². The minimum absolute atomic E-state index is 0.209. The average molecular weight is 464 g/mol. The van der Waals surface area contributed by atoms with Crippen molar-refractivity contribution in [3.8, 4) is 5.69 Å². The zero-order chi connectivity index (χ0) is 23.1. The first kappa shape index (κ1) is 21.5. The first-order valence-corrected chi connectivity index (χ1v) is 11.3. The molecule has 3 heterocycles. The maximum absolute atomic E-state index is 13.0. The molecule has 1 fully saturated rings. The summed E-state index contributed by atoms with van der Waals surface area (Å²) in [5.41, 5.74) is 4.28. The molecule has 4 aromatic rings. The third-order valence-corrected chi connectivity index (χ3v) is 6.50. The number of hydrogen-bond acceptors (Lipinski definition) is 6. The lowest BCUT2D eigenvalue weighted by molar-refractivity contribution is 0.312. The van der Waals surface area contributed by atoms with Crippen LogP contribution in [0.1, 0.15) is 5.56 Å². The van der Waals surface area contributed by atoms with Crippen molar-refractivity contribution in [1.82, 2.24) is 24.2 Å². The van der Waals surface area contributed by atoms with Crippen LogP contribution >= 0.6 is 11.6 Å². The number of hydrogen-bond donors (Lipinski definition) is 1. The monoisotopic (exact) mass is 463 g/mol. The van der Waals surface area contributed by atoms with Gasteiger partial charge in [-0.05, 0) is 49.9 Å². The SMILES string of the molecule is Cc1cc(Nc2ncc3c(=O)n(-c4ccccc4Cl)n(C)c3n2)ccc1N1CCN(C)CC1. The summed E-state index contributed by atoms with van der Waals surface area (Å²) in [4.78, 5) is 26.8. The molecule has 0 atom stereocenters. The van der Waals surface area contributed by atoms with Gasteiger partial charge >= 0.3 is 0 Å². The third-order valence-electron chi connectivity index (χ3n) is 6.18. The number of para-hydroxylation sites is 1. The summed E-state index contributed by atoms with van der Waals surface area (Å²) in [6, 6.07) is 13.5. The predicted molar refractivity (Wildman–Crippen MR) is 133 cm³/mol. The van der Waals surface area contributed by atoms with Crippen LogP contribution in [0.3, 0.4) is 0 Å². The quantitative estimate of drug-likeness (QED) is 0.499. The number of aromatic nitrogens is 4. The van der Waals surface area contributed by atoms with Gasteiger partial charge in [-0.25, -0.2) is 9.67 Å². The number of likely N-dealkylation sites (N-methyl/N-ethyl adjacent to an activating group) is 1. The predicted octanol–water partition coefficient (Wildman–Crippen LogP) is 3.58. The lowest BCUT2D eigenvalue weighted by atomic mass is 10.1. The van der Waals surface area contributed by atoms with E-state index < -0.39 is 0 Å². The Morgan fingerprint density at radius 1 is 1.00 bits per heavy atom. The van der Waals surface area contributed by atoms with Gasteiger partial charge in [-0.2, -0.15) is 4.98 Å². The van der Waals surface area contributed by atoms with Gasteiger partial charge in [-0.3, -0.25) is 9.48 Å². The van der Waals surface area contributed by atoms with E-state index in [9.17, 15) is 4.79 Å². The number of fused-ring (bicyclic) bond motifs is 1. The van der Waals surface area contributed by atoms with Gasteiger partial charge in [-0.1, -0.05) is 23.7 Å². The van der Waals surface area contributed by atoms with Crippen molar-refractivity contribution in [2.45, 2.75) is 6.92 Å². The van der Waals surface area contributed by atoms with Crippen LogP contribution in [0.5, 0.6) is 0 Å². The van der Waals surface area contributed by atoms with E-state index >= 15 is 0 Å². The molecule has 0 unspecified atom stereocenters. The summed E-state index contributed by atoms with van der Waals surface area (Å²) in [5.74, 6) is 0.432. The smallest absolute Gasteiger partial charge is 0.282 e. The van der Waals surface area contributed by atoms with Crippen molar-refractivity contribution in [2.75, 3.05) is 43.4 Å². The van der Waals surface area contributed by atoms with Gasteiger partial charge in [0.15, 0.2) is 5.65 Å². The number of benzene rings is 2. The largest absolute Gasteiger partial charge is 0.369 e. The fraction of sp³-hybridized carbons (Fsp3) is 0.292. The molecule has 5 rings (SSSR count). The van der Waals surface area contributed by atoms with Crippen LogP contribution in [0.2, 0.25) is 5.02 Å². The number of nitrogens with one attached hydrogen (secondary N) is 1. The molecule has 2 aromatic carbocycles. The molecule has 0 saturated carbocycles. The highest BCUT2D eigenvalue weighted by Crippen LogP contribution is 2.26. The van der Waals surface area contributed by atoms with Crippen LogP contribution in [-0.2, 0) is 7.05 Å². The van der Waals surface area contributed by atoms with E-state index in [1.165, 1.54) is 15.9 Å². The van der Waals surface area contributed by atoms with Crippen LogP contribution in [0, 0.1) is 6.92 Å². The number of nitrogens with zero attached hydrogens (tertiary/aromatic N) is 6. The van der Waals surface area contributed by atoms with Crippen molar-refractivity contribution in [1.29, 1.82) is 0 Å². The second-order valence-corrected chi connectivity index (χ2v) is 8.85. The van der Waals surface area contributed by atoms with Crippen molar-refractivity contribution in [2.24, 2.45) is 7.05 Å². The van der Waals surface area contributed by atoms with Gasteiger partial charge in [0, 0.05) is 50.8 Å². The molecular weight excluding hydrogens is 438 g/mol. The third kappa shape index (κ3) is 3.96. The Kier molecular flexibility index (Phi) is 5.55. The molecule has 0 aliphatic carbocycles.